The van der Waals surface area contributed by atoms with E-state index in [-0.39, 0.29) is 0 Å². The molecule has 1 aliphatic rings. The van der Waals surface area contributed by atoms with Crippen molar-refractivity contribution in [1.29, 1.82) is 0 Å². The second-order valence-electron chi connectivity index (χ2n) is 5.34. The van der Waals surface area contributed by atoms with Crippen LogP contribution in [-0.4, -0.2) is 10.2 Å². The van der Waals surface area contributed by atoms with E-state index in [1.54, 1.807) is 24.3 Å². The molecule has 0 saturated carbocycles. The first kappa shape index (κ1) is 12.8. The van der Waals surface area contributed by atoms with Gasteiger partial charge in [-0.2, -0.15) is 0 Å². The molecule has 2 aromatic carbocycles. The number of allylic oxidation sites excluding steroid dienone is 2. The van der Waals surface area contributed by atoms with E-state index in [1.165, 1.54) is 16.7 Å². The third kappa shape index (κ3) is 2.69. The molecule has 20 heavy (non-hydrogen) atoms. The minimum atomic E-state index is 0.312. The second kappa shape index (κ2) is 5.41. The topological polar surface area (TPSA) is 40.5 Å². The maximum absolute atomic E-state index is 9.34. The van der Waals surface area contributed by atoms with E-state index in [2.05, 4.69) is 6.08 Å². The molecule has 0 aromatic heterocycles. The number of rotatable bonds is 2. The van der Waals surface area contributed by atoms with E-state index in [0.717, 1.165) is 19.3 Å². The lowest BCUT2D eigenvalue weighted by molar-refractivity contribution is 0.474. The van der Waals surface area contributed by atoms with Crippen molar-refractivity contribution in [2.75, 3.05) is 0 Å². The Morgan fingerprint density at radius 3 is 1.95 bits per heavy atom. The zero-order valence-corrected chi connectivity index (χ0v) is 11.3. The molecular weight excluding hydrogens is 248 g/mol. The fourth-order valence-electron chi connectivity index (χ4n) is 2.82. The van der Waals surface area contributed by atoms with E-state index in [1.807, 2.05) is 24.3 Å². The molecule has 0 radical (unpaired) electrons. The SMILES string of the molecule is Oc1ccc(C2=CCC(c3ccc(O)cc3)CC2)cc1. The molecule has 2 N–H and O–H groups in total. The van der Waals surface area contributed by atoms with Crippen LogP contribution in [0.25, 0.3) is 5.57 Å². The lowest BCUT2D eigenvalue weighted by atomic mass is 9.83. The molecule has 0 bridgehead atoms. The largest absolute Gasteiger partial charge is 0.508 e. The standard InChI is InChI=1S/C18H18O2/c19-17-9-5-15(6-10-17)13-1-2-14(4-3-13)16-7-11-18(20)12-8-16/h1,5-12,14,19-20H,2-4H2. The molecular formula is C18H18O2. The van der Waals surface area contributed by atoms with Crippen LogP contribution in [0, 0.1) is 0 Å². The summed E-state index contributed by atoms with van der Waals surface area (Å²) in [7, 11) is 0. The molecule has 0 saturated heterocycles. The maximum Gasteiger partial charge on any atom is 0.115 e. The quantitative estimate of drug-likeness (QED) is 0.843. The van der Waals surface area contributed by atoms with Crippen LogP contribution in [0.2, 0.25) is 0 Å². The Labute approximate surface area is 119 Å². The first-order valence-corrected chi connectivity index (χ1v) is 7.00. The van der Waals surface area contributed by atoms with E-state index >= 15 is 0 Å². The number of aromatic hydroxyl groups is 2. The normalized spacial score (nSPS) is 18.6. The van der Waals surface area contributed by atoms with Gasteiger partial charge in [0.05, 0.1) is 0 Å². The molecule has 1 unspecified atom stereocenters. The van der Waals surface area contributed by atoms with Crippen LogP contribution < -0.4 is 0 Å². The average Bonchev–Trinajstić information content (AvgIpc) is 2.49. The third-order valence-corrected chi connectivity index (χ3v) is 4.01. The lowest BCUT2D eigenvalue weighted by Gasteiger charge is -2.22. The smallest absolute Gasteiger partial charge is 0.115 e. The summed E-state index contributed by atoms with van der Waals surface area (Å²) >= 11 is 0. The van der Waals surface area contributed by atoms with Gasteiger partial charge in [-0.05, 0) is 66.1 Å². The van der Waals surface area contributed by atoms with Crippen molar-refractivity contribution in [3.05, 3.63) is 65.7 Å². The van der Waals surface area contributed by atoms with Gasteiger partial charge in [0.25, 0.3) is 0 Å². The van der Waals surface area contributed by atoms with Crippen molar-refractivity contribution in [2.24, 2.45) is 0 Å². The van der Waals surface area contributed by atoms with Crippen LogP contribution in [0.4, 0.5) is 0 Å². The Hall–Kier alpha value is -2.22. The molecule has 1 aliphatic carbocycles. The summed E-state index contributed by atoms with van der Waals surface area (Å²) in [5.74, 6) is 1.17. The Kier molecular flexibility index (Phi) is 3.46. The first-order chi connectivity index (χ1) is 9.72. The van der Waals surface area contributed by atoms with Gasteiger partial charge in [-0.25, -0.2) is 0 Å². The predicted molar refractivity (Wildman–Crippen MR) is 80.8 cm³/mol. The molecule has 0 amide bonds. The van der Waals surface area contributed by atoms with Gasteiger partial charge in [0, 0.05) is 0 Å². The van der Waals surface area contributed by atoms with Crippen LogP contribution >= 0.6 is 0 Å². The van der Waals surface area contributed by atoms with E-state index in [0.29, 0.717) is 17.4 Å². The van der Waals surface area contributed by atoms with Crippen LogP contribution in [0.15, 0.2) is 54.6 Å². The van der Waals surface area contributed by atoms with Crippen molar-refractivity contribution in [3.8, 4) is 11.5 Å². The summed E-state index contributed by atoms with van der Waals surface area (Å²) in [5.41, 5.74) is 3.86. The van der Waals surface area contributed by atoms with Crippen molar-refractivity contribution in [2.45, 2.75) is 25.2 Å². The van der Waals surface area contributed by atoms with E-state index < -0.39 is 0 Å². The molecule has 3 rings (SSSR count). The number of phenols is 2. The summed E-state index contributed by atoms with van der Waals surface area (Å²) < 4.78 is 0. The van der Waals surface area contributed by atoms with Gasteiger partial charge in [-0.1, -0.05) is 30.3 Å². The Balaban J connectivity index is 1.74. The second-order valence-corrected chi connectivity index (χ2v) is 5.34. The van der Waals surface area contributed by atoms with Gasteiger partial charge in [0.1, 0.15) is 11.5 Å². The summed E-state index contributed by atoms with van der Waals surface area (Å²) in [5, 5.41) is 18.7. The minimum absolute atomic E-state index is 0.312. The first-order valence-electron chi connectivity index (χ1n) is 7.00. The number of phenolic OH excluding ortho intramolecular Hbond substituents is 2. The lowest BCUT2D eigenvalue weighted by Crippen LogP contribution is -2.03. The third-order valence-electron chi connectivity index (χ3n) is 4.01. The molecule has 2 aromatic rings. The highest BCUT2D eigenvalue weighted by Gasteiger charge is 2.17. The van der Waals surface area contributed by atoms with Gasteiger partial charge in [-0.3, -0.25) is 0 Å². The Morgan fingerprint density at radius 2 is 1.40 bits per heavy atom. The van der Waals surface area contributed by atoms with Crippen LogP contribution in [0.5, 0.6) is 11.5 Å². The molecule has 0 spiro atoms. The highest BCUT2D eigenvalue weighted by Crippen LogP contribution is 2.36. The van der Waals surface area contributed by atoms with E-state index in [9.17, 15) is 10.2 Å². The fraction of sp³-hybridized carbons (Fsp3) is 0.222. The van der Waals surface area contributed by atoms with Crippen LogP contribution in [0.3, 0.4) is 0 Å². The molecule has 2 heteroatoms. The van der Waals surface area contributed by atoms with Crippen molar-refractivity contribution >= 4 is 5.57 Å². The zero-order valence-electron chi connectivity index (χ0n) is 11.3. The van der Waals surface area contributed by atoms with Gasteiger partial charge in [-0.15, -0.1) is 0 Å². The molecule has 2 nitrogen and oxygen atoms in total. The summed E-state index contributed by atoms with van der Waals surface area (Å²) in [6.07, 6.45) is 5.50. The molecule has 0 heterocycles. The molecule has 102 valence electrons. The number of hydrogen-bond acceptors (Lipinski definition) is 2. The molecule has 0 aliphatic heterocycles. The number of hydrogen-bond donors (Lipinski definition) is 2. The molecule has 0 fully saturated rings. The Bertz CT molecular complexity index is 609. The maximum atomic E-state index is 9.34. The fourth-order valence-corrected chi connectivity index (χ4v) is 2.82. The monoisotopic (exact) mass is 266 g/mol. The highest BCUT2D eigenvalue weighted by molar-refractivity contribution is 5.67. The van der Waals surface area contributed by atoms with E-state index in [4.69, 9.17) is 0 Å². The van der Waals surface area contributed by atoms with Crippen LogP contribution in [0.1, 0.15) is 36.3 Å². The van der Waals surface area contributed by atoms with Gasteiger partial charge >= 0.3 is 0 Å². The molecule has 1 atom stereocenters. The van der Waals surface area contributed by atoms with Crippen molar-refractivity contribution in [1.82, 2.24) is 0 Å². The van der Waals surface area contributed by atoms with Gasteiger partial charge in [0.15, 0.2) is 0 Å². The summed E-state index contributed by atoms with van der Waals surface area (Å²) in [6, 6.07) is 15.0. The Morgan fingerprint density at radius 1 is 0.800 bits per heavy atom. The van der Waals surface area contributed by atoms with Crippen molar-refractivity contribution < 1.29 is 10.2 Å². The van der Waals surface area contributed by atoms with Gasteiger partial charge < -0.3 is 10.2 Å². The number of benzene rings is 2. The van der Waals surface area contributed by atoms with Gasteiger partial charge in [0.2, 0.25) is 0 Å². The van der Waals surface area contributed by atoms with Crippen LogP contribution in [-0.2, 0) is 0 Å². The minimum Gasteiger partial charge on any atom is -0.508 e. The zero-order chi connectivity index (χ0) is 13.9. The summed E-state index contributed by atoms with van der Waals surface area (Å²) in [6.45, 7) is 0. The van der Waals surface area contributed by atoms with Crippen molar-refractivity contribution in [3.63, 3.8) is 0 Å². The average molecular weight is 266 g/mol. The predicted octanol–water partition coefficient (Wildman–Crippen LogP) is 4.45. The highest BCUT2D eigenvalue weighted by atomic mass is 16.3. The summed E-state index contributed by atoms with van der Waals surface area (Å²) in [4.78, 5) is 0.